The molecule has 0 saturated carbocycles. The lowest BCUT2D eigenvalue weighted by atomic mass is 10.3. The van der Waals surface area contributed by atoms with Crippen LogP contribution in [-0.4, -0.2) is 68.8 Å². The van der Waals surface area contributed by atoms with E-state index in [1.54, 1.807) is 6.07 Å². The molecule has 0 fully saturated rings. The van der Waals surface area contributed by atoms with E-state index in [1.807, 2.05) is 12.1 Å². The normalized spacial score (nSPS) is 19.5. The molecular weight excluding hydrogens is 466 g/mol. The summed E-state index contributed by atoms with van der Waals surface area (Å²) in [4.78, 5) is 45.1. The predicted octanol–water partition coefficient (Wildman–Crippen LogP) is 1.77. The summed E-state index contributed by atoms with van der Waals surface area (Å²) in [6, 6.07) is 4.51. The molecule has 3 aromatic rings. The van der Waals surface area contributed by atoms with Gasteiger partial charge in [-0.05, 0) is 12.1 Å². The second kappa shape index (κ2) is 9.19. The number of pyridine rings is 1. The fourth-order valence-electron chi connectivity index (χ4n) is 3.24. The van der Waals surface area contributed by atoms with Gasteiger partial charge in [0, 0.05) is 5.75 Å². The first-order valence-corrected chi connectivity index (χ1v) is 11.1. The summed E-state index contributed by atoms with van der Waals surface area (Å²) in [7, 11) is 1.28. The number of carbonyl (C=O) groups excluding carboxylic acids is 2. The molecule has 174 valence electrons. The van der Waals surface area contributed by atoms with Crippen molar-refractivity contribution in [3.8, 4) is 0 Å². The molecule has 13 heteroatoms. The topological polar surface area (TPSA) is 162 Å². The summed E-state index contributed by atoms with van der Waals surface area (Å²) in [5, 5.41) is 9.65. The number of ketones is 1. The molecule has 0 bridgehead atoms. The van der Waals surface area contributed by atoms with Gasteiger partial charge in [0.25, 0.3) is 0 Å². The average molecular weight is 483 g/mol. The molecule has 2 aliphatic rings. The lowest BCUT2D eigenvalue weighted by molar-refractivity contribution is 0.0593. The van der Waals surface area contributed by atoms with E-state index in [0.717, 1.165) is 0 Å². The van der Waals surface area contributed by atoms with Gasteiger partial charge >= 0.3 is 5.97 Å². The monoisotopic (exact) mass is 483 g/mol. The highest BCUT2D eigenvalue weighted by Gasteiger charge is 2.29. The van der Waals surface area contributed by atoms with Crippen molar-refractivity contribution in [3.05, 3.63) is 65.3 Å². The number of Topliss-reactive ketones (excluding diaryl/α,β-unsaturated/α-hetero) is 1. The van der Waals surface area contributed by atoms with Gasteiger partial charge in [0.1, 0.15) is 48.2 Å². The Bertz CT molecular complexity index is 1220. The maximum atomic E-state index is 11.6. The molecule has 0 saturated heterocycles. The Labute approximate surface area is 196 Å². The Morgan fingerprint density at radius 1 is 1.06 bits per heavy atom. The van der Waals surface area contributed by atoms with E-state index in [0.29, 0.717) is 34.0 Å². The molecule has 2 aliphatic heterocycles. The Morgan fingerprint density at radius 3 is 2.59 bits per heavy atom. The van der Waals surface area contributed by atoms with Crippen LogP contribution in [0.5, 0.6) is 0 Å². The molecule has 5 heterocycles. The van der Waals surface area contributed by atoms with E-state index in [4.69, 9.17) is 18.7 Å². The number of aliphatic hydroxyl groups excluding tert-OH is 1. The van der Waals surface area contributed by atoms with Gasteiger partial charge < -0.3 is 23.4 Å². The molecule has 3 aromatic heterocycles. The van der Waals surface area contributed by atoms with Gasteiger partial charge in [-0.15, -0.1) is 11.8 Å². The molecular formula is C21H17N5O7S. The molecule has 2 atom stereocenters. The van der Waals surface area contributed by atoms with E-state index >= 15 is 0 Å². The van der Waals surface area contributed by atoms with Crippen molar-refractivity contribution >= 4 is 34.5 Å². The van der Waals surface area contributed by atoms with Crippen LogP contribution in [0.2, 0.25) is 0 Å². The van der Waals surface area contributed by atoms with Gasteiger partial charge in [0.2, 0.25) is 23.5 Å². The van der Waals surface area contributed by atoms with Crippen LogP contribution in [0.3, 0.4) is 0 Å². The molecule has 5 rings (SSSR count). The smallest absolute Gasteiger partial charge is 0.360 e. The van der Waals surface area contributed by atoms with Crippen LogP contribution in [0, 0.1) is 0 Å². The number of nitrogens with zero attached hydrogens (tertiary/aromatic N) is 5. The highest BCUT2D eigenvalue weighted by Crippen LogP contribution is 2.32. The van der Waals surface area contributed by atoms with Crippen LogP contribution in [-0.2, 0) is 9.47 Å². The highest BCUT2D eigenvalue weighted by molar-refractivity contribution is 8.14. The number of aliphatic imine (C=N–C) groups is 2. The molecule has 34 heavy (non-hydrogen) atoms. The van der Waals surface area contributed by atoms with Gasteiger partial charge in [0.15, 0.2) is 11.7 Å². The number of esters is 1. The maximum Gasteiger partial charge on any atom is 0.360 e. The van der Waals surface area contributed by atoms with Gasteiger partial charge in [0.05, 0.1) is 12.8 Å². The summed E-state index contributed by atoms with van der Waals surface area (Å²) in [5.41, 5.74) is 1.27. The number of oxazole rings is 2. The first-order valence-electron chi connectivity index (χ1n) is 10.1. The third-order valence-corrected chi connectivity index (χ3v) is 6.00. The zero-order valence-corrected chi connectivity index (χ0v) is 18.5. The number of hydrogen-bond donors (Lipinski definition) is 1. The van der Waals surface area contributed by atoms with Crippen molar-refractivity contribution in [2.75, 3.05) is 26.1 Å². The Hall–Kier alpha value is -3.84. The van der Waals surface area contributed by atoms with Gasteiger partial charge in [-0.2, -0.15) is 0 Å². The molecule has 12 nitrogen and oxygen atoms in total. The number of aliphatic hydroxyl groups is 1. The van der Waals surface area contributed by atoms with Crippen molar-refractivity contribution in [3.63, 3.8) is 0 Å². The molecule has 0 aliphatic carbocycles. The SMILES string of the molecule is COC(=O)c1coc(C2CSC(c3cccc(C4=NC(c5nc(C(=O)CO)co5)CO4)n3)=N2)n1. The standard InChI is InChI=1S/C21H17N5O7S/c1-30-21(29)14-8-33-19(25-14)15-9-34-20(26-15)11-4-2-3-10(22-11)17-24-13(7-32-17)18-23-12(6-31-18)16(28)5-27/h2-4,6,8,13,15,27H,5,7,9H2,1H3. The quantitative estimate of drug-likeness (QED) is 0.385. The van der Waals surface area contributed by atoms with Crippen molar-refractivity contribution in [2.45, 2.75) is 12.1 Å². The lowest BCUT2D eigenvalue weighted by Gasteiger charge is -2.03. The number of methoxy groups -OCH3 is 1. The summed E-state index contributed by atoms with van der Waals surface area (Å²) in [5.74, 6) is 0.341. The highest BCUT2D eigenvalue weighted by atomic mass is 32.2. The predicted molar refractivity (Wildman–Crippen MR) is 117 cm³/mol. The van der Waals surface area contributed by atoms with Crippen LogP contribution in [0.15, 0.2) is 49.5 Å². The molecule has 0 amide bonds. The average Bonchev–Trinajstić information content (AvgIpc) is 3.68. The molecule has 2 unspecified atom stereocenters. The van der Waals surface area contributed by atoms with Crippen LogP contribution in [0.4, 0.5) is 0 Å². The molecule has 0 aromatic carbocycles. The summed E-state index contributed by atoms with van der Waals surface area (Å²) in [6.07, 6.45) is 2.44. The summed E-state index contributed by atoms with van der Waals surface area (Å²) < 4.78 is 21.0. The van der Waals surface area contributed by atoms with E-state index in [2.05, 4.69) is 29.7 Å². The zero-order valence-electron chi connectivity index (χ0n) is 17.7. The molecule has 0 radical (unpaired) electrons. The van der Waals surface area contributed by atoms with Crippen molar-refractivity contribution in [2.24, 2.45) is 9.98 Å². The molecule has 0 spiro atoms. The minimum Gasteiger partial charge on any atom is -0.474 e. The van der Waals surface area contributed by atoms with Crippen molar-refractivity contribution < 1.29 is 33.0 Å². The first kappa shape index (κ1) is 22.0. The minimum atomic E-state index is -0.649. The fraction of sp³-hybridized carbons (Fsp3) is 0.286. The van der Waals surface area contributed by atoms with Gasteiger partial charge in [-0.3, -0.25) is 9.79 Å². The van der Waals surface area contributed by atoms with E-state index in [-0.39, 0.29) is 29.9 Å². The number of ether oxygens (including phenoxy) is 2. The van der Waals surface area contributed by atoms with Crippen LogP contribution >= 0.6 is 11.8 Å². The second-order valence-electron chi connectivity index (χ2n) is 7.15. The van der Waals surface area contributed by atoms with Gasteiger partial charge in [-0.1, -0.05) is 6.07 Å². The van der Waals surface area contributed by atoms with Crippen molar-refractivity contribution in [1.82, 2.24) is 15.0 Å². The number of aromatic nitrogens is 3. The maximum absolute atomic E-state index is 11.6. The van der Waals surface area contributed by atoms with Crippen LogP contribution in [0.1, 0.15) is 56.2 Å². The Balaban J connectivity index is 1.33. The number of thioether (sulfide) groups is 1. The van der Waals surface area contributed by atoms with Crippen LogP contribution < -0.4 is 0 Å². The minimum absolute atomic E-state index is 0.0388. The van der Waals surface area contributed by atoms with Crippen LogP contribution in [0.25, 0.3) is 0 Å². The van der Waals surface area contributed by atoms with E-state index in [9.17, 15) is 9.59 Å². The third-order valence-electron chi connectivity index (χ3n) is 4.93. The largest absolute Gasteiger partial charge is 0.474 e. The summed E-state index contributed by atoms with van der Waals surface area (Å²) >= 11 is 1.49. The van der Waals surface area contributed by atoms with Gasteiger partial charge in [-0.25, -0.2) is 24.7 Å². The number of carbonyl (C=O) groups is 2. The Kier molecular flexibility index (Phi) is 5.94. The molecule has 1 N–H and O–H groups in total. The van der Waals surface area contributed by atoms with E-state index < -0.39 is 24.4 Å². The summed E-state index contributed by atoms with van der Waals surface area (Å²) in [6.45, 7) is -0.470. The lowest BCUT2D eigenvalue weighted by Crippen LogP contribution is -2.07. The number of rotatable bonds is 7. The second-order valence-corrected chi connectivity index (χ2v) is 8.15. The zero-order chi connectivity index (χ0) is 23.7. The van der Waals surface area contributed by atoms with E-state index in [1.165, 1.54) is 31.4 Å². The first-order chi connectivity index (χ1) is 16.6. The fourth-order valence-corrected chi connectivity index (χ4v) is 4.24. The van der Waals surface area contributed by atoms with Crippen molar-refractivity contribution in [1.29, 1.82) is 0 Å². The Morgan fingerprint density at radius 2 is 1.79 bits per heavy atom. The number of hydrogen-bond acceptors (Lipinski definition) is 13. The third kappa shape index (κ3) is 4.22.